The molecular formula is C18H16N6O. The Hall–Kier alpha value is -3.40. The van der Waals surface area contributed by atoms with Crippen LogP contribution in [0.25, 0.3) is 0 Å². The standard InChI is InChI=1S/C18H16N6O/c19-8-12-3-1-4-13(7-12)10-24-11-14(9-20-24)21-18(25)17-15-5-2-6-16(15)22-23-17/h1,3-4,7,9,11H,2,5-6,10H2,(H,21,25)(H,22,23). The van der Waals surface area contributed by atoms with Crippen LogP contribution in [-0.4, -0.2) is 25.9 Å². The zero-order chi connectivity index (χ0) is 17.2. The number of nitrogens with one attached hydrogen (secondary N) is 2. The third-order valence-electron chi connectivity index (χ3n) is 4.31. The number of hydrogen-bond acceptors (Lipinski definition) is 4. The van der Waals surface area contributed by atoms with Crippen LogP contribution in [0.15, 0.2) is 36.7 Å². The van der Waals surface area contributed by atoms with Gasteiger partial charge in [-0.05, 0) is 37.0 Å². The van der Waals surface area contributed by atoms with Gasteiger partial charge in [-0.3, -0.25) is 14.6 Å². The first-order chi connectivity index (χ1) is 12.2. The molecule has 0 atom stereocenters. The zero-order valence-corrected chi connectivity index (χ0v) is 13.5. The van der Waals surface area contributed by atoms with Crippen molar-refractivity contribution in [2.24, 2.45) is 0 Å². The molecule has 124 valence electrons. The Balaban J connectivity index is 1.46. The minimum Gasteiger partial charge on any atom is -0.318 e. The maximum atomic E-state index is 12.4. The second-order valence-electron chi connectivity index (χ2n) is 6.08. The Morgan fingerprint density at radius 3 is 3.20 bits per heavy atom. The van der Waals surface area contributed by atoms with Crippen molar-refractivity contribution in [3.63, 3.8) is 0 Å². The van der Waals surface area contributed by atoms with Gasteiger partial charge in [0.15, 0.2) is 5.69 Å². The minimum atomic E-state index is -0.217. The monoisotopic (exact) mass is 332 g/mol. The lowest BCUT2D eigenvalue weighted by atomic mass is 10.1. The van der Waals surface area contributed by atoms with Crippen molar-refractivity contribution in [1.82, 2.24) is 20.0 Å². The van der Waals surface area contributed by atoms with Gasteiger partial charge in [0.25, 0.3) is 5.91 Å². The highest BCUT2D eigenvalue weighted by Crippen LogP contribution is 2.23. The van der Waals surface area contributed by atoms with Crippen LogP contribution in [0.4, 0.5) is 5.69 Å². The molecule has 4 rings (SSSR count). The number of hydrogen-bond donors (Lipinski definition) is 2. The van der Waals surface area contributed by atoms with E-state index in [0.29, 0.717) is 23.5 Å². The number of aromatic nitrogens is 4. The molecule has 1 aromatic carbocycles. The molecule has 7 heteroatoms. The molecule has 2 heterocycles. The third kappa shape index (κ3) is 3.02. The molecule has 0 unspecified atom stereocenters. The van der Waals surface area contributed by atoms with Gasteiger partial charge in [0, 0.05) is 17.5 Å². The molecule has 1 aliphatic rings. The Bertz CT molecular complexity index is 978. The van der Waals surface area contributed by atoms with E-state index >= 15 is 0 Å². The maximum absolute atomic E-state index is 12.4. The molecule has 25 heavy (non-hydrogen) atoms. The van der Waals surface area contributed by atoms with Crippen molar-refractivity contribution in [3.8, 4) is 6.07 Å². The summed E-state index contributed by atoms with van der Waals surface area (Å²) < 4.78 is 1.72. The number of anilines is 1. The van der Waals surface area contributed by atoms with Gasteiger partial charge in [-0.25, -0.2) is 0 Å². The highest BCUT2D eigenvalue weighted by molar-refractivity contribution is 6.04. The highest BCUT2D eigenvalue weighted by atomic mass is 16.2. The van der Waals surface area contributed by atoms with Crippen molar-refractivity contribution in [2.45, 2.75) is 25.8 Å². The van der Waals surface area contributed by atoms with Crippen LogP contribution in [0, 0.1) is 11.3 Å². The Kier molecular flexibility index (Phi) is 3.78. The number of H-pyrrole nitrogens is 1. The molecule has 0 radical (unpaired) electrons. The van der Waals surface area contributed by atoms with Gasteiger partial charge in [0.1, 0.15) is 0 Å². The lowest BCUT2D eigenvalue weighted by molar-refractivity contribution is 0.102. The molecule has 7 nitrogen and oxygen atoms in total. The first-order valence-corrected chi connectivity index (χ1v) is 8.12. The number of amides is 1. The molecule has 2 N–H and O–H groups in total. The summed E-state index contributed by atoms with van der Waals surface area (Å²) in [6, 6.07) is 9.50. The van der Waals surface area contributed by atoms with E-state index in [4.69, 9.17) is 5.26 Å². The zero-order valence-electron chi connectivity index (χ0n) is 13.5. The summed E-state index contributed by atoms with van der Waals surface area (Å²) in [6.07, 6.45) is 6.28. The third-order valence-corrected chi connectivity index (χ3v) is 4.31. The van der Waals surface area contributed by atoms with Crippen LogP contribution >= 0.6 is 0 Å². The van der Waals surface area contributed by atoms with Crippen LogP contribution in [-0.2, 0) is 19.4 Å². The Labute approximate surface area is 144 Å². The predicted octanol–water partition coefficient (Wildman–Crippen LogP) is 2.27. The van der Waals surface area contributed by atoms with E-state index in [1.165, 1.54) is 0 Å². The van der Waals surface area contributed by atoms with Crippen molar-refractivity contribution in [3.05, 3.63) is 64.7 Å². The Morgan fingerprint density at radius 2 is 2.32 bits per heavy atom. The number of carbonyl (C=O) groups is 1. The van der Waals surface area contributed by atoms with Crippen LogP contribution in [0.3, 0.4) is 0 Å². The molecule has 2 aromatic heterocycles. The smallest absolute Gasteiger partial charge is 0.276 e. The van der Waals surface area contributed by atoms with Gasteiger partial charge in [-0.2, -0.15) is 15.5 Å². The summed E-state index contributed by atoms with van der Waals surface area (Å²) >= 11 is 0. The van der Waals surface area contributed by atoms with Gasteiger partial charge >= 0.3 is 0 Å². The molecule has 0 aliphatic heterocycles. The second-order valence-corrected chi connectivity index (χ2v) is 6.08. The molecule has 0 spiro atoms. The van der Waals surface area contributed by atoms with Gasteiger partial charge in [-0.15, -0.1) is 0 Å². The normalized spacial score (nSPS) is 12.6. The molecule has 0 bridgehead atoms. The van der Waals surface area contributed by atoms with E-state index in [0.717, 1.165) is 36.1 Å². The van der Waals surface area contributed by atoms with Crippen molar-refractivity contribution < 1.29 is 4.79 Å². The first-order valence-electron chi connectivity index (χ1n) is 8.12. The summed E-state index contributed by atoms with van der Waals surface area (Å²) in [6.45, 7) is 0.531. The molecular weight excluding hydrogens is 316 g/mol. The summed E-state index contributed by atoms with van der Waals surface area (Å²) in [5, 5.41) is 23.1. The summed E-state index contributed by atoms with van der Waals surface area (Å²) in [5.41, 5.74) is 4.78. The molecule has 3 aromatic rings. The summed E-state index contributed by atoms with van der Waals surface area (Å²) in [5.74, 6) is -0.217. The van der Waals surface area contributed by atoms with E-state index in [1.54, 1.807) is 23.1 Å². The van der Waals surface area contributed by atoms with Gasteiger partial charge < -0.3 is 5.32 Å². The number of benzene rings is 1. The molecule has 0 saturated heterocycles. The lowest BCUT2D eigenvalue weighted by Crippen LogP contribution is -2.14. The Morgan fingerprint density at radius 1 is 1.40 bits per heavy atom. The molecule has 1 amide bonds. The topological polar surface area (TPSA) is 99.4 Å². The summed E-state index contributed by atoms with van der Waals surface area (Å²) in [4.78, 5) is 12.4. The predicted molar refractivity (Wildman–Crippen MR) is 91.1 cm³/mol. The number of fused-ring (bicyclic) bond motifs is 1. The fraction of sp³-hybridized carbons (Fsp3) is 0.222. The second kappa shape index (κ2) is 6.24. The van der Waals surface area contributed by atoms with E-state index in [1.807, 2.05) is 18.2 Å². The number of aryl methyl sites for hydroxylation is 1. The van der Waals surface area contributed by atoms with E-state index < -0.39 is 0 Å². The maximum Gasteiger partial charge on any atom is 0.276 e. The molecule has 1 aliphatic carbocycles. The van der Waals surface area contributed by atoms with Crippen LogP contribution < -0.4 is 5.32 Å². The number of rotatable bonds is 4. The van der Waals surface area contributed by atoms with Crippen LogP contribution in [0.5, 0.6) is 0 Å². The van der Waals surface area contributed by atoms with Crippen molar-refractivity contribution >= 4 is 11.6 Å². The van der Waals surface area contributed by atoms with Gasteiger partial charge in [-0.1, -0.05) is 12.1 Å². The fourth-order valence-corrected chi connectivity index (χ4v) is 3.14. The largest absolute Gasteiger partial charge is 0.318 e. The van der Waals surface area contributed by atoms with Gasteiger partial charge in [0.05, 0.1) is 30.1 Å². The van der Waals surface area contributed by atoms with Gasteiger partial charge in [0.2, 0.25) is 0 Å². The van der Waals surface area contributed by atoms with Crippen molar-refractivity contribution in [2.75, 3.05) is 5.32 Å². The van der Waals surface area contributed by atoms with E-state index in [-0.39, 0.29) is 5.91 Å². The summed E-state index contributed by atoms with van der Waals surface area (Å²) in [7, 11) is 0. The average Bonchev–Trinajstić information content (AvgIpc) is 3.32. The van der Waals surface area contributed by atoms with E-state index in [9.17, 15) is 4.79 Å². The fourth-order valence-electron chi connectivity index (χ4n) is 3.14. The average molecular weight is 332 g/mol. The number of nitriles is 1. The number of carbonyl (C=O) groups excluding carboxylic acids is 1. The highest BCUT2D eigenvalue weighted by Gasteiger charge is 2.23. The minimum absolute atomic E-state index is 0.217. The lowest BCUT2D eigenvalue weighted by Gasteiger charge is -2.03. The quantitative estimate of drug-likeness (QED) is 0.765. The van der Waals surface area contributed by atoms with Crippen molar-refractivity contribution in [1.29, 1.82) is 5.26 Å². The number of nitrogens with zero attached hydrogens (tertiary/aromatic N) is 4. The van der Waals surface area contributed by atoms with E-state index in [2.05, 4.69) is 26.7 Å². The van der Waals surface area contributed by atoms with Crippen LogP contribution in [0.1, 0.15) is 39.3 Å². The molecule has 0 saturated carbocycles. The SMILES string of the molecule is N#Cc1cccc(Cn2cc(NC(=O)c3n[nH]c4c3CCC4)cn2)c1. The molecule has 0 fully saturated rings. The van der Waals surface area contributed by atoms with Crippen LogP contribution in [0.2, 0.25) is 0 Å². The first kappa shape index (κ1) is 15.1. The number of aromatic amines is 1.